The Morgan fingerprint density at radius 3 is 2.57 bits per heavy atom. The first-order valence-electron chi connectivity index (χ1n) is 8.27. The summed E-state index contributed by atoms with van der Waals surface area (Å²) in [4.78, 5) is 2.44. The molecule has 2 rings (SSSR count). The normalized spacial score (nSPS) is 22.5. The van der Waals surface area contributed by atoms with Crippen LogP contribution in [0.4, 0.5) is 4.39 Å². The standard InChI is InChI=1S/C18H29FN2/c1-4-10-20-18(15-5-7-17(19)8-6-15)9-11-21(3)13-16-12-14(16)2/h5-8,14,16,18,20H,4,9-13H2,1-3H3. The van der Waals surface area contributed by atoms with E-state index in [-0.39, 0.29) is 5.82 Å². The maximum atomic E-state index is 13.1. The number of nitrogens with one attached hydrogen (secondary N) is 1. The molecule has 21 heavy (non-hydrogen) atoms. The topological polar surface area (TPSA) is 15.3 Å². The van der Waals surface area contributed by atoms with E-state index >= 15 is 0 Å². The fraction of sp³-hybridized carbons (Fsp3) is 0.667. The number of rotatable bonds is 9. The highest BCUT2D eigenvalue weighted by atomic mass is 19.1. The van der Waals surface area contributed by atoms with E-state index < -0.39 is 0 Å². The number of benzene rings is 1. The van der Waals surface area contributed by atoms with E-state index in [0.29, 0.717) is 6.04 Å². The Kier molecular flexibility index (Phi) is 6.19. The van der Waals surface area contributed by atoms with Crippen LogP contribution in [0.1, 0.15) is 44.7 Å². The Labute approximate surface area is 128 Å². The van der Waals surface area contributed by atoms with Crippen LogP contribution in [0.5, 0.6) is 0 Å². The van der Waals surface area contributed by atoms with Crippen LogP contribution in [0.15, 0.2) is 24.3 Å². The maximum absolute atomic E-state index is 13.1. The van der Waals surface area contributed by atoms with Crippen LogP contribution in [-0.4, -0.2) is 31.6 Å². The lowest BCUT2D eigenvalue weighted by Gasteiger charge is -2.23. The average molecular weight is 292 g/mol. The fourth-order valence-corrected chi connectivity index (χ4v) is 2.89. The summed E-state index contributed by atoms with van der Waals surface area (Å²) in [6.45, 7) is 7.82. The highest BCUT2D eigenvalue weighted by Gasteiger charge is 2.33. The zero-order valence-electron chi connectivity index (χ0n) is 13.6. The van der Waals surface area contributed by atoms with Crippen molar-refractivity contribution in [3.63, 3.8) is 0 Å². The summed E-state index contributed by atoms with van der Waals surface area (Å²) in [5.41, 5.74) is 1.19. The van der Waals surface area contributed by atoms with Gasteiger partial charge in [0, 0.05) is 12.6 Å². The van der Waals surface area contributed by atoms with Gasteiger partial charge in [-0.2, -0.15) is 0 Å². The molecule has 1 saturated carbocycles. The summed E-state index contributed by atoms with van der Waals surface area (Å²) < 4.78 is 13.1. The molecule has 0 aromatic heterocycles. The molecule has 0 heterocycles. The molecule has 0 radical (unpaired) electrons. The van der Waals surface area contributed by atoms with Gasteiger partial charge >= 0.3 is 0 Å². The lowest BCUT2D eigenvalue weighted by atomic mass is 10.0. The second-order valence-electron chi connectivity index (χ2n) is 6.58. The Hall–Kier alpha value is -0.930. The van der Waals surface area contributed by atoms with Crippen molar-refractivity contribution in [2.75, 3.05) is 26.7 Å². The summed E-state index contributed by atoms with van der Waals surface area (Å²) in [5, 5.41) is 3.59. The van der Waals surface area contributed by atoms with Crippen molar-refractivity contribution in [3.8, 4) is 0 Å². The number of hydrogen-bond donors (Lipinski definition) is 1. The first-order valence-corrected chi connectivity index (χ1v) is 8.27. The quantitative estimate of drug-likeness (QED) is 0.744. The largest absolute Gasteiger partial charge is 0.310 e. The molecule has 1 aliphatic carbocycles. The van der Waals surface area contributed by atoms with Gasteiger partial charge in [-0.15, -0.1) is 0 Å². The first-order chi connectivity index (χ1) is 10.1. The van der Waals surface area contributed by atoms with Crippen molar-refractivity contribution < 1.29 is 4.39 Å². The minimum absolute atomic E-state index is 0.159. The van der Waals surface area contributed by atoms with E-state index in [1.807, 2.05) is 12.1 Å². The SMILES string of the molecule is CCCNC(CCN(C)CC1CC1C)c1ccc(F)cc1. The fourth-order valence-electron chi connectivity index (χ4n) is 2.89. The molecule has 0 bridgehead atoms. The lowest BCUT2D eigenvalue weighted by Crippen LogP contribution is -2.29. The molecule has 2 nitrogen and oxygen atoms in total. The Balaban J connectivity index is 1.85. The van der Waals surface area contributed by atoms with Crippen LogP contribution in [-0.2, 0) is 0 Å². The van der Waals surface area contributed by atoms with E-state index in [4.69, 9.17) is 0 Å². The summed E-state index contributed by atoms with van der Waals surface area (Å²) in [6.07, 6.45) is 3.58. The molecule has 1 fully saturated rings. The molecule has 1 N–H and O–H groups in total. The van der Waals surface area contributed by atoms with Crippen molar-refractivity contribution in [1.82, 2.24) is 10.2 Å². The van der Waals surface area contributed by atoms with Gasteiger partial charge in [-0.3, -0.25) is 0 Å². The average Bonchev–Trinajstić information content (AvgIpc) is 3.15. The Morgan fingerprint density at radius 2 is 2.00 bits per heavy atom. The minimum Gasteiger partial charge on any atom is -0.310 e. The van der Waals surface area contributed by atoms with E-state index in [2.05, 4.69) is 31.1 Å². The summed E-state index contributed by atoms with van der Waals surface area (Å²) >= 11 is 0. The van der Waals surface area contributed by atoms with Crippen LogP contribution in [0.25, 0.3) is 0 Å². The van der Waals surface area contributed by atoms with Crippen molar-refractivity contribution >= 4 is 0 Å². The van der Waals surface area contributed by atoms with Crippen molar-refractivity contribution in [3.05, 3.63) is 35.6 Å². The van der Waals surface area contributed by atoms with Crippen molar-refractivity contribution in [1.29, 1.82) is 0 Å². The van der Waals surface area contributed by atoms with Gasteiger partial charge in [0.05, 0.1) is 0 Å². The molecule has 3 heteroatoms. The predicted molar refractivity (Wildman–Crippen MR) is 86.8 cm³/mol. The second kappa shape index (κ2) is 7.90. The van der Waals surface area contributed by atoms with Crippen molar-refractivity contribution in [2.24, 2.45) is 11.8 Å². The summed E-state index contributed by atoms with van der Waals surface area (Å²) in [7, 11) is 2.21. The van der Waals surface area contributed by atoms with Gasteiger partial charge in [-0.1, -0.05) is 26.0 Å². The third kappa shape index (κ3) is 5.40. The van der Waals surface area contributed by atoms with Crippen LogP contribution in [0.3, 0.4) is 0 Å². The van der Waals surface area contributed by atoms with Crippen molar-refractivity contribution in [2.45, 2.75) is 39.2 Å². The number of hydrogen-bond acceptors (Lipinski definition) is 2. The second-order valence-corrected chi connectivity index (χ2v) is 6.58. The molecule has 1 aromatic carbocycles. The molecular formula is C18H29FN2. The highest BCUT2D eigenvalue weighted by Crippen LogP contribution is 2.38. The van der Waals surface area contributed by atoms with Gasteiger partial charge in [0.25, 0.3) is 0 Å². The molecule has 3 unspecified atom stereocenters. The summed E-state index contributed by atoms with van der Waals surface area (Å²) in [5.74, 6) is 1.66. The molecule has 0 spiro atoms. The van der Waals surface area contributed by atoms with Crippen LogP contribution < -0.4 is 5.32 Å². The monoisotopic (exact) mass is 292 g/mol. The summed E-state index contributed by atoms with van der Waals surface area (Å²) in [6, 6.07) is 7.26. The molecular weight excluding hydrogens is 263 g/mol. The van der Waals surface area contributed by atoms with E-state index in [1.54, 1.807) is 12.1 Å². The number of halogens is 1. The van der Waals surface area contributed by atoms with Gasteiger partial charge in [0.1, 0.15) is 5.82 Å². The van der Waals surface area contributed by atoms with Crippen LogP contribution >= 0.6 is 0 Å². The minimum atomic E-state index is -0.159. The van der Waals surface area contributed by atoms with Gasteiger partial charge in [-0.05, 0) is 68.9 Å². The zero-order chi connectivity index (χ0) is 15.2. The predicted octanol–water partition coefficient (Wildman–Crippen LogP) is 3.84. The van der Waals surface area contributed by atoms with E-state index in [1.165, 1.54) is 18.5 Å². The smallest absolute Gasteiger partial charge is 0.123 e. The first kappa shape index (κ1) is 16.4. The third-order valence-corrected chi connectivity index (χ3v) is 4.53. The van der Waals surface area contributed by atoms with Crippen LogP contribution in [0.2, 0.25) is 0 Å². The molecule has 118 valence electrons. The van der Waals surface area contributed by atoms with Gasteiger partial charge in [0.2, 0.25) is 0 Å². The molecule has 1 aliphatic rings. The van der Waals surface area contributed by atoms with Gasteiger partial charge in [-0.25, -0.2) is 4.39 Å². The Bertz CT molecular complexity index is 418. The molecule has 3 atom stereocenters. The zero-order valence-corrected chi connectivity index (χ0v) is 13.6. The third-order valence-electron chi connectivity index (χ3n) is 4.53. The molecule has 0 aliphatic heterocycles. The molecule has 0 saturated heterocycles. The van der Waals surface area contributed by atoms with Crippen LogP contribution in [0, 0.1) is 17.7 Å². The highest BCUT2D eigenvalue weighted by molar-refractivity contribution is 5.20. The lowest BCUT2D eigenvalue weighted by molar-refractivity contribution is 0.292. The van der Waals surface area contributed by atoms with Gasteiger partial charge < -0.3 is 10.2 Å². The molecule has 1 aromatic rings. The number of nitrogens with zero attached hydrogens (tertiary/aromatic N) is 1. The van der Waals surface area contributed by atoms with E-state index in [0.717, 1.165) is 37.8 Å². The van der Waals surface area contributed by atoms with Gasteiger partial charge in [0.15, 0.2) is 0 Å². The van der Waals surface area contributed by atoms with E-state index in [9.17, 15) is 4.39 Å². The maximum Gasteiger partial charge on any atom is 0.123 e. The Morgan fingerprint density at radius 1 is 1.33 bits per heavy atom. The molecule has 0 amide bonds.